The van der Waals surface area contributed by atoms with E-state index in [1.807, 2.05) is 42.2 Å². The number of nitrogens with one attached hydrogen (secondary N) is 2. The summed E-state index contributed by atoms with van der Waals surface area (Å²) in [4.78, 5) is 50.0. The quantitative estimate of drug-likeness (QED) is 0.498. The van der Waals surface area contributed by atoms with Crippen molar-refractivity contribution in [1.29, 1.82) is 0 Å². The number of amides is 3. The Bertz CT molecular complexity index is 1190. The second kappa shape index (κ2) is 12.6. The van der Waals surface area contributed by atoms with Gasteiger partial charge in [-0.1, -0.05) is 35.5 Å². The molecule has 3 heterocycles. The third-order valence-corrected chi connectivity index (χ3v) is 6.96. The molecule has 2 aromatic rings. The van der Waals surface area contributed by atoms with Gasteiger partial charge in [-0.25, -0.2) is 4.99 Å². The Hall–Kier alpha value is -3.82. The Balaban J connectivity index is 1.39. The first kappa shape index (κ1) is 27.2. The molecule has 1 saturated heterocycles. The summed E-state index contributed by atoms with van der Waals surface area (Å²) in [6.45, 7) is 6.26. The van der Waals surface area contributed by atoms with E-state index in [2.05, 4.69) is 25.8 Å². The van der Waals surface area contributed by atoms with Crippen molar-refractivity contribution >= 4 is 29.8 Å². The second-order valence-electron chi connectivity index (χ2n) is 10.1. The fourth-order valence-corrected chi connectivity index (χ4v) is 4.81. The number of aromatic nitrogens is 1. The maximum Gasteiger partial charge on any atom is 0.274 e. The van der Waals surface area contributed by atoms with Gasteiger partial charge < -0.3 is 20.1 Å². The Morgan fingerprint density at radius 3 is 2.66 bits per heavy atom. The molecule has 2 aliphatic rings. The van der Waals surface area contributed by atoms with E-state index in [4.69, 9.17) is 4.52 Å². The SMILES string of the molecule is Cc1cc(C(=O)N[C@@H](CCC(=O)N2CCCC[C@@H]2C)C(=O)N[C@@H](C)C2=NC(Cc3ccccc3)C=N2)no1. The molecule has 10 nitrogen and oxygen atoms in total. The van der Waals surface area contributed by atoms with E-state index < -0.39 is 23.9 Å². The molecule has 2 aliphatic heterocycles. The van der Waals surface area contributed by atoms with Crippen LogP contribution in [0.2, 0.25) is 0 Å². The minimum atomic E-state index is -0.933. The smallest absolute Gasteiger partial charge is 0.274 e. The molecule has 1 aromatic carbocycles. The molecule has 202 valence electrons. The van der Waals surface area contributed by atoms with Crippen molar-refractivity contribution in [2.75, 3.05) is 6.54 Å². The normalized spacial score (nSPS) is 20.5. The van der Waals surface area contributed by atoms with Gasteiger partial charge in [-0.2, -0.15) is 0 Å². The number of nitrogens with zero attached hydrogens (tertiary/aromatic N) is 4. The third kappa shape index (κ3) is 7.14. The fourth-order valence-electron chi connectivity index (χ4n) is 4.81. The van der Waals surface area contributed by atoms with Gasteiger partial charge in [0.1, 0.15) is 17.6 Å². The summed E-state index contributed by atoms with van der Waals surface area (Å²) in [6, 6.07) is 10.2. The Morgan fingerprint density at radius 2 is 1.95 bits per heavy atom. The lowest BCUT2D eigenvalue weighted by atomic mass is 10.0. The Kier molecular flexibility index (Phi) is 9.04. The van der Waals surface area contributed by atoms with E-state index in [1.165, 1.54) is 6.07 Å². The molecular formula is C28H36N6O4. The van der Waals surface area contributed by atoms with Gasteiger partial charge in [0.2, 0.25) is 11.8 Å². The predicted molar refractivity (Wildman–Crippen MR) is 144 cm³/mol. The predicted octanol–water partition coefficient (Wildman–Crippen LogP) is 2.86. The number of carbonyl (C=O) groups excluding carboxylic acids is 3. The Labute approximate surface area is 223 Å². The molecule has 0 saturated carbocycles. The molecule has 3 amide bonds. The highest BCUT2D eigenvalue weighted by atomic mass is 16.5. The van der Waals surface area contributed by atoms with E-state index in [0.29, 0.717) is 11.6 Å². The maximum atomic E-state index is 13.3. The number of piperidine rings is 1. The molecule has 2 N–H and O–H groups in total. The molecule has 10 heteroatoms. The zero-order chi connectivity index (χ0) is 27.1. The van der Waals surface area contributed by atoms with E-state index in [1.54, 1.807) is 20.1 Å². The van der Waals surface area contributed by atoms with Crippen molar-refractivity contribution in [3.8, 4) is 0 Å². The maximum absolute atomic E-state index is 13.3. The highest BCUT2D eigenvalue weighted by Gasteiger charge is 2.29. The number of benzene rings is 1. The first-order valence-electron chi connectivity index (χ1n) is 13.3. The first-order valence-corrected chi connectivity index (χ1v) is 13.3. The number of aliphatic imine (C=N–C) groups is 2. The highest BCUT2D eigenvalue weighted by Crippen LogP contribution is 2.18. The largest absolute Gasteiger partial charge is 0.361 e. The first-order chi connectivity index (χ1) is 18.3. The minimum Gasteiger partial charge on any atom is -0.361 e. The number of aryl methyl sites for hydroxylation is 1. The number of amidine groups is 1. The van der Waals surface area contributed by atoms with E-state index in [0.717, 1.165) is 37.8 Å². The summed E-state index contributed by atoms with van der Waals surface area (Å²) in [6.07, 6.45) is 5.89. The molecule has 4 atom stereocenters. The van der Waals surface area contributed by atoms with Crippen molar-refractivity contribution < 1.29 is 18.9 Å². The number of rotatable bonds is 10. The van der Waals surface area contributed by atoms with Crippen LogP contribution in [0.25, 0.3) is 0 Å². The monoisotopic (exact) mass is 520 g/mol. The molecule has 0 spiro atoms. The molecule has 0 aliphatic carbocycles. The van der Waals surface area contributed by atoms with E-state index in [-0.39, 0.29) is 36.5 Å². The van der Waals surface area contributed by atoms with Gasteiger partial charge in [0.25, 0.3) is 5.91 Å². The summed E-state index contributed by atoms with van der Waals surface area (Å²) in [5.74, 6) is 0.0570. The Morgan fingerprint density at radius 1 is 1.16 bits per heavy atom. The van der Waals surface area contributed by atoms with Crippen LogP contribution < -0.4 is 10.6 Å². The number of hydrogen-bond acceptors (Lipinski definition) is 7. The highest BCUT2D eigenvalue weighted by molar-refractivity contribution is 6.02. The van der Waals surface area contributed by atoms with Gasteiger partial charge in [0, 0.05) is 31.3 Å². The topological polar surface area (TPSA) is 129 Å². The van der Waals surface area contributed by atoms with Crippen molar-refractivity contribution in [1.82, 2.24) is 20.7 Å². The van der Waals surface area contributed by atoms with Crippen LogP contribution in [0.5, 0.6) is 0 Å². The summed E-state index contributed by atoms with van der Waals surface area (Å²) in [7, 11) is 0. The van der Waals surface area contributed by atoms with Crippen LogP contribution in [-0.4, -0.2) is 70.5 Å². The summed E-state index contributed by atoms with van der Waals surface area (Å²) in [5.41, 5.74) is 1.24. The zero-order valence-electron chi connectivity index (χ0n) is 22.2. The average molecular weight is 521 g/mol. The standard InChI is InChI=1S/C28H36N6O4/c1-18-9-7-8-14-34(18)25(35)13-12-23(32-28(37)24-15-19(2)38-33-24)27(36)30-20(3)26-29-17-22(31-26)16-21-10-5-4-6-11-21/h4-6,10-11,15,17-18,20,22-23H,7-9,12-14,16H2,1-3H3,(H,30,36)(H,32,37)/t18-,20-,22?,23-/m0/s1. The molecule has 1 aromatic heterocycles. The van der Waals surface area contributed by atoms with Crippen molar-refractivity contribution in [2.24, 2.45) is 9.98 Å². The van der Waals surface area contributed by atoms with Crippen LogP contribution in [0.15, 0.2) is 50.9 Å². The number of carbonyl (C=O) groups is 3. The number of hydrogen-bond donors (Lipinski definition) is 2. The van der Waals surface area contributed by atoms with Crippen molar-refractivity contribution in [2.45, 2.75) is 83.5 Å². The van der Waals surface area contributed by atoms with Gasteiger partial charge in [0.15, 0.2) is 5.69 Å². The van der Waals surface area contributed by atoms with Crippen LogP contribution >= 0.6 is 0 Å². The molecule has 4 rings (SSSR count). The number of likely N-dealkylation sites (tertiary alicyclic amines) is 1. The lowest BCUT2D eigenvalue weighted by Gasteiger charge is -2.33. The van der Waals surface area contributed by atoms with Crippen molar-refractivity contribution in [3.63, 3.8) is 0 Å². The van der Waals surface area contributed by atoms with Gasteiger partial charge in [-0.05, 0) is 58.4 Å². The van der Waals surface area contributed by atoms with Crippen LogP contribution in [-0.2, 0) is 16.0 Å². The van der Waals surface area contributed by atoms with Crippen LogP contribution in [0, 0.1) is 6.92 Å². The molecule has 0 radical (unpaired) electrons. The van der Waals surface area contributed by atoms with E-state index >= 15 is 0 Å². The van der Waals surface area contributed by atoms with Crippen LogP contribution in [0.3, 0.4) is 0 Å². The molecule has 1 fully saturated rings. The molecule has 0 bridgehead atoms. The van der Waals surface area contributed by atoms with Gasteiger partial charge in [-0.15, -0.1) is 0 Å². The minimum absolute atomic E-state index is 0.0110. The zero-order valence-corrected chi connectivity index (χ0v) is 22.2. The van der Waals surface area contributed by atoms with Crippen LogP contribution in [0.4, 0.5) is 0 Å². The second-order valence-corrected chi connectivity index (χ2v) is 10.1. The molecule has 1 unspecified atom stereocenters. The summed E-state index contributed by atoms with van der Waals surface area (Å²) >= 11 is 0. The lowest BCUT2D eigenvalue weighted by Crippen LogP contribution is -2.51. The average Bonchev–Trinajstić information content (AvgIpc) is 3.56. The fraction of sp³-hybridized carbons (Fsp3) is 0.500. The van der Waals surface area contributed by atoms with Crippen LogP contribution in [0.1, 0.15) is 67.8 Å². The van der Waals surface area contributed by atoms with Gasteiger partial charge in [-0.3, -0.25) is 19.4 Å². The van der Waals surface area contributed by atoms with Gasteiger partial charge >= 0.3 is 0 Å². The van der Waals surface area contributed by atoms with Crippen molar-refractivity contribution in [3.05, 3.63) is 53.4 Å². The molecule has 38 heavy (non-hydrogen) atoms. The summed E-state index contributed by atoms with van der Waals surface area (Å²) in [5, 5.41) is 9.39. The molecular weight excluding hydrogens is 484 g/mol. The third-order valence-electron chi connectivity index (χ3n) is 6.96. The lowest BCUT2D eigenvalue weighted by molar-refractivity contribution is -0.134. The summed E-state index contributed by atoms with van der Waals surface area (Å²) < 4.78 is 5.00. The van der Waals surface area contributed by atoms with Gasteiger partial charge in [0.05, 0.1) is 12.1 Å². The van der Waals surface area contributed by atoms with E-state index in [9.17, 15) is 14.4 Å².